The van der Waals surface area contributed by atoms with Gasteiger partial charge in [-0.2, -0.15) is 0 Å². The van der Waals surface area contributed by atoms with E-state index in [2.05, 4.69) is 58.9 Å². The highest BCUT2D eigenvalue weighted by atomic mass is 16.2. The lowest BCUT2D eigenvalue weighted by Gasteiger charge is -2.32. The van der Waals surface area contributed by atoms with Gasteiger partial charge in [0.05, 0.1) is 5.56 Å². The van der Waals surface area contributed by atoms with E-state index in [4.69, 9.17) is 0 Å². The Morgan fingerprint density at radius 1 is 0.958 bits per heavy atom. The molecule has 0 radical (unpaired) electrons. The van der Waals surface area contributed by atoms with Gasteiger partial charge >= 0.3 is 0 Å². The monoisotopic (exact) mass is 325 g/mol. The number of benzene rings is 2. The van der Waals surface area contributed by atoms with Gasteiger partial charge in [0.2, 0.25) is 0 Å². The summed E-state index contributed by atoms with van der Waals surface area (Å²) in [5, 5.41) is 2.23. The maximum atomic E-state index is 13.4. The summed E-state index contributed by atoms with van der Waals surface area (Å²) in [5.74, 6) is 0.170. The average Bonchev–Trinajstić information content (AvgIpc) is 2.53. The summed E-state index contributed by atoms with van der Waals surface area (Å²) < 4.78 is 0. The third-order valence-corrected chi connectivity index (χ3v) is 4.63. The highest BCUT2D eigenvalue weighted by molar-refractivity contribution is 6.08. The summed E-state index contributed by atoms with van der Waals surface area (Å²) in [6.45, 7) is 10.6. The molecular formula is C22H31NO. The largest absolute Gasteiger partial charge is 0.334 e. The van der Waals surface area contributed by atoms with Crippen molar-refractivity contribution < 1.29 is 4.79 Å². The summed E-state index contributed by atoms with van der Waals surface area (Å²) in [7, 11) is 0. The number of carbonyl (C=O) groups is 1. The Labute approximate surface area is 146 Å². The van der Waals surface area contributed by atoms with Crippen LogP contribution < -0.4 is 0 Å². The Kier molecular flexibility index (Phi) is 6.42. The number of hydrogen-bond acceptors (Lipinski definition) is 1. The van der Waals surface area contributed by atoms with Crippen LogP contribution in [0.3, 0.4) is 0 Å². The minimum atomic E-state index is 0.170. The number of amides is 1. The van der Waals surface area contributed by atoms with Crippen LogP contribution in [0.1, 0.15) is 69.8 Å². The lowest BCUT2D eigenvalue weighted by atomic mass is 9.94. The van der Waals surface area contributed by atoms with Gasteiger partial charge in [-0.05, 0) is 56.9 Å². The van der Waals surface area contributed by atoms with Crippen LogP contribution in [0, 0.1) is 0 Å². The Morgan fingerprint density at radius 2 is 1.62 bits per heavy atom. The molecule has 2 heteroatoms. The van der Waals surface area contributed by atoms with Crippen LogP contribution in [0.15, 0.2) is 36.4 Å². The molecule has 2 aromatic carbocycles. The van der Waals surface area contributed by atoms with Crippen LogP contribution in [0.25, 0.3) is 10.8 Å². The quantitative estimate of drug-likeness (QED) is 0.586. The Hall–Kier alpha value is -1.83. The number of hydrogen-bond donors (Lipinski definition) is 0. The van der Waals surface area contributed by atoms with Crippen LogP contribution in [0.2, 0.25) is 0 Å². The standard InChI is InChI=1S/C22H31NO/c1-6-7-8-12-19-15-14-18-11-9-10-13-20(18)21(19)22(24)23(16(2)3)17(4)5/h9-11,13-17H,6-8,12H2,1-5H3. The van der Waals surface area contributed by atoms with Crippen molar-refractivity contribution in [3.63, 3.8) is 0 Å². The first-order valence-electron chi connectivity index (χ1n) is 9.30. The summed E-state index contributed by atoms with van der Waals surface area (Å²) in [4.78, 5) is 15.4. The third kappa shape index (κ3) is 3.98. The van der Waals surface area contributed by atoms with Crippen molar-refractivity contribution in [1.29, 1.82) is 0 Å². The zero-order valence-electron chi connectivity index (χ0n) is 15.8. The predicted molar refractivity (Wildman–Crippen MR) is 104 cm³/mol. The minimum Gasteiger partial charge on any atom is -0.334 e. The van der Waals surface area contributed by atoms with Crippen molar-refractivity contribution in [2.24, 2.45) is 0 Å². The molecule has 0 spiro atoms. The molecule has 0 unspecified atom stereocenters. The molecule has 0 aliphatic heterocycles. The van der Waals surface area contributed by atoms with Crippen LogP contribution >= 0.6 is 0 Å². The molecule has 0 saturated heterocycles. The number of aryl methyl sites for hydroxylation is 1. The van der Waals surface area contributed by atoms with Crippen LogP contribution in [0.5, 0.6) is 0 Å². The zero-order chi connectivity index (χ0) is 17.7. The van der Waals surface area contributed by atoms with E-state index in [-0.39, 0.29) is 18.0 Å². The topological polar surface area (TPSA) is 20.3 Å². The molecule has 2 aromatic rings. The predicted octanol–water partition coefficient (Wildman–Crippen LogP) is 5.83. The van der Waals surface area contributed by atoms with Gasteiger partial charge in [0.15, 0.2) is 0 Å². The number of rotatable bonds is 7. The van der Waals surface area contributed by atoms with Gasteiger partial charge in [0, 0.05) is 12.1 Å². The van der Waals surface area contributed by atoms with Gasteiger partial charge in [0.25, 0.3) is 5.91 Å². The first-order chi connectivity index (χ1) is 11.5. The second-order valence-corrected chi connectivity index (χ2v) is 7.18. The van der Waals surface area contributed by atoms with E-state index in [9.17, 15) is 4.79 Å². The molecule has 2 rings (SSSR count). The van der Waals surface area contributed by atoms with Crippen molar-refractivity contribution in [2.75, 3.05) is 0 Å². The molecule has 130 valence electrons. The van der Waals surface area contributed by atoms with Gasteiger partial charge in [-0.25, -0.2) is 0 Å². The van der Waals surface area contributed by atoms with Crippen molar-refractivity contribution in [3.8, 4) is 0 Å². The molecule has 0 aromatic heterocycles. The number of fused-ring (bicyclic) bond motifs is 1. The molecule has 24 heavy (non-hydrogen) atoms. The van der Waals surface area contributed by atoms with E-state index in [1.807, 2.05) is 17.0 Å². The fourth-order valence-corrected chi connectivity index (χ4v) is 3.54. The molecule has 0 fully saturated rings. The minimum absolute atomic E-state index is 0.170. The molecule has 0 heterocycles. The van der Waals surface area contributed by atoms with Gasteiger partial charge < -0.3 is 4.90 Å². The highest BCUT2D eigenvalue weighted by Gasteiger charge is 2.25. The lowest BCUT2D eigenvalue weighted by Crippen LogP contribution is -2.42. The van der Waals surface area contributed by atoms with E-state index in [0.29, 0.717) is 0 Å². The first kappa shape index (κ1) is 18.5. The van der Waals surface area contributed by atoms with Gasteiger partial charge in [0.1, 0.15) is 0 Å². The Bertz CT molecular complexity index is 679. The van der Waals surface area contributed by atoms with Gasteiger partial charge in [-0.15, -0.1) is 0 Å². The molecule has 0 saturated carbocycles. The van der Waals surface area contributed by atoms with Crippen LogP contribution in [0.4, 0.5) is 0 Å². The van der Waals surface area contributed by atoms with Crippen LogP contribution in [-0.4, -0.2) is 22.9 Å². The van der Waals surface area contributed by atoms with Crippen molar-refractivity contribution in [3.05, 3.63) is 47.5 Å². The van der Waals surface area contributed by atoms with Crippen molar-refractivity contribution in [1.82, 2.24) is 4.90 Å². The van der Waals surface area contributed by atoms with Gasteiger partial charge in [-0.1, -0.05) is 56.2 Å². The normalized spacial score (nSPS) is 11.5. The molecule has 0 aliphatic rings. The molecule has 0 atom stereocenters. The molecule has 0 aliphatic carbocycles. The fourth-order valence-electron chi connectivity index (χ4n) is 3.54. The average molecular weight is 325 g/mol. The number of carbonyl (C=O) groups excluding carboxylic acids is 1. The molecule has 2 nitrogen and oxygen atoms in total. The first-order valence-corrected chi connectivity index (χ1v) is 9.30. The number of unbranched alkanes of at least 4 members (excludes halogenated alkanes) is 2. The Balaban J connectivity index is 2.54. The summed E-state index contributed by atoms with van der Waals surface area (Å²) in [6.07, 6.45) is 4.52. The second-order valence-electron chi connectivity index (χ2n) is 7.18. The summed E-state index contributed by atoms with van der Waals surface area (Å²) in [6, 6.07) is 13.0. The highest BCUT2D eigenvalue weighted by Crippen LogP contribution is 2.27. The SMILES string of the molecule is CCCCCc1ccc2ccccc2c1C(=O)N(C(C)C)C(C)C. The number of nitrogens with zero attached hydrogens (tertiary/aromatic N) is 1. The Morgan fingerprint density at radius 3 is 2.25 bits per heavy atom. The maximum Gasteiger partial charge on any atom is 0.255 e. The molecule has 1 amide bonds. The smallest absolute Gasteiger partial charge is 0.255 e. The maximum absolute atomic E-state index is 13.4. The van der Waals surface area contributed by atoms with E-state index in [0.717, 1.165) is 29.2 Å². The lowest BCUT2D eigenvalue weighted by molar-refractivity contribution is 0.0644. The van der Waals surface area contributed by atoms with Crippen LogP contribution in [-0.2, 0) is 6.42 Å². The van der Waals surface area contributed by atoms with Crippen molar-refractivity contribution >= 4 is 16.7 Å². The third-order valence-electron chi connectivity index (χ3n) is 4.63. The van der Waals surface area contributed by atoms with E-state index >= 15 is 0 Å². The van der Waals surface area contributed by atoms with Crippen molar-refractivity contribution in [2.45, 2.75) is 72.4 Å². The zero-order valence-corrected chi connectivity index (χ0v) is 15.8. The van der Waals surface area contributed by atoms with E-state index in [1.54, 1.807) is 0 Å². The van der Waals surface area contributed by atoms with E-state index in [1.165, 1.54) is 18.4 Å². The summed E-state index contributed by atoms with van der Waals surface area (Å²) in [5.41, 5.74) is 2.10. The second kappa shape index (κ2) is 8.32. The molecule has 0 bridgehead atoms. The fraction of sp³-hybridized carbons (Fsp3) is 0.500. The molecular weight excluding hydrogens is 294 g/mol. The molecule has 0 N–H and O–H groups in total. The summed E-state index contributed by atoms with van der Waals surface area (Å²) >= 11 is 0. The van der Waals surface area contributed by atoms with Gasteiger partial charge in [-0.3, -0.25) is 4.79 Å². The van der Waals surface area contributed by atoms with E-state index < -0.39 is 0 Å².